The van der Waals surface area contributed by atoms with Crippen LogP contribution in [0.15, 0.2) is 39.3 Å². The van der Waals surface area contributed by atoms with E-state index >= 15 is 0 Å². The van der Waals surface area contributed by atoms with Gasteiger partial charge in [0.25, 0.3) is 0 Å². The molecule has 0 aliphatic heterocycles. The van der Waals surface area contributed by atoms with Gasteiger partial charge in [0, 0.05) is 14.5 Å². The highest BCUT2D eigenvalue weighted by molar-refractivity contribution is 9.11. The van der Waals surface area contributed by atoms with Crippen LogP contribution in [0.2, 0.25) is 0 Å². The van der Waals surface area contributed by atoms with Crippen LogP contribution in [0.3, 0.4) is 0 Å². The van der Waals surface area contributed by atoms with Crippen LogP contribution >= 0.6 is 31.9 Å². The van der Waals surface area contributed by atoms with E-state index in [9.17, 15) is 0 Å². The molecule has 0 saturated heterocycles. The van der Waals surface area contributed by atoms with Crippen LogP contribution in [0.4, 0.5) is 0 Å². The third-order valence-electron chi connectivity index (χ3n) is 3.73. The molecular weight excluding hydrogens is 394 g/mol. The Balaban J connectivity index is 2.59. The molecule has 2 rings (SSSR count). The lowest BCUT2D eigenvalue weighted by molar-refractivity contribution is 0.402. The Labute approximate surface area is 143 Å². The lowest BCUT2D eigenvalue weighted by atomic mass is 9.94. The third kappa shape index (κ3) is 3.50. The maximum Gasteiger partial charge on any atom is 0.127 e. The lowest BCUT2D eigenvalue weighted by Crippen LogP contribution is -2.19. The van der Waals surface area contributed by atoms with Crippen molar-refractivity contribution >= 4 is 31.9 Å². The van der Waals surface area contributed by atoms with Crippen molar-refractivity contribution in [2.45, 2.75) is 19.9 Å². The number of ether oxygens (including phenoxy) is 1. The van der Waals surface area contributed by atoms with E-state index < -0.39 is 0 Å². The summed E-state index contributed by atoms with van der Waals surface area (Å²) in [6.07, 6.45) is 0. The SMILES string of the molecule is CNC(c1cc(Br)cc(Br)c1)c1ccc(C)c(C)c1OC. The van der Waals surface area contributed by atoms with Crippen LogP contribution in [-0.2, 0) is 0 Å². The number of halogens is 2. The van der Waals surface area contributed by atoms with Crippen LogP contribution in [0.1, 0.15) is 28.3 Å². The van der Waals surface area contributed by atoms with Crippen molar-refractivity contribution in [2.75, 3.05) is 14.2 Å². The largest absolute Gasteiger partial charge is 0.496 e. The summed E-state index contributed by atoms with van der Waals surface area (Å²) in [5.74, 6) is 0.949. The van der Waals surface area contributed by atoms with E-state index in [1.807, 2.05) is 13.1 Å². The van der Waals surface area contributed by atoms with Crippen molar-refractivity contribution in [2.24, 2.45) is 0 Å². The Morgan fingerprint density at radius 3 is 2.19 bits per heavy atom. The smallest absolute Gasteiger partial charge is 0.127 e. The monoisotopic (exact) mass is 411 g/mol. The summed E-state index contributed by atoms with van der Waals surface area (Å²) in [7, 11) is 3.70. The normalized spacial score (nSPS) is 12.3. The Morgan fingerprint density at radius 2 is 1.67 bits per heavy atom. The molecule has 1 N–H and O–H groups in total. The second-order valence-electron chi connectivity index (χ2n) is 5.05. The fraction of sp³-hybridized carbons (Fsp3) is 0.294. The van der Waals surface area contributed by atoms with Crippen molar-refractivity contribution in [3.05, 3.63) is 61.5 Å². The first-order valence-electron chi connectivity index (χ1n) is 6.75. The summed E-state index contributed by atoms with van der Waals surface area (Å²) >= 11 is 7.11. The highest BCUT2D eigenvalue weighted by Crippen LogP contribution is 2.35. The Hall–Kier alpha value is -0.840. The van der Waals surface area contributed by atoms with E-state index in [0.717, 1.165) is 20.3 Å². The van der Waals surface area contributed by atoms with E-state index in [-0.39, 0.29) is 6.04 Å². The molecule has 112 valence electrons. The van der Waals surface area contributed by atoms with Gasteiger partial charge in [-0.1, -0.05) is 44.0 Å². The van der Waals surface area contributed by atoms with Gasteiger partial charge in [0.1, 0.15) is 5.75 Å². The minimum absolute atomic E-state index is 0.0769. The number of nitrogens with one attached hydrogen (secondary N) is 1. The first-order chi connectivity index (χ1) is 9.97. The molecule has 0 spiro atoms. The second-order valence-corrected chi connectivity index (χ2v) is 6.89. The average Bonchev–Trinajstić information content (AvgIpc) is 2.43. The van der Waals surface area contributed by atoms with Gasteiger partial charge in [-0.25, -0.2) is 0 Å². The zero-order valence-corrected chi connectivity index (χ0v) is 15.8. The molecule has 1 unspecified atom stereocenters. The van der Waals surface area contributed by atoms with Crippen molar-refractivity contribution in [3.63, 3.8) is 0 Å². The van der Waals surface area contributed by atoms with Crippen LogP contribution in [0, 0.1) is 13.8 Å². The Bertz CT molecular complexity index is 635. The quantitative estimate of drug-likeness (QED) is 0.749. The van der Waals surface area contributed by atoms with Crippen LogP contribution in [-0.4, -0.2) is 14.2 Å². The number of rotatable bonds is 4. The summed E-state index contributed by atoms with van der Waals surface area (Å²) in [6.45, 7) is 4.20. The Kier molecular flexibility index (Phi) is 5.47. The lowest BCUT2D eigenvalue weighted by Gasteiger charge is -2.22. The molecule has 0 aliphatic carbocycles. The van der Waals surface area contributed by atoms with Crippen molar-refractivity contribution in [3.8, 4) is 5.75 Å². The summed E-state index contributed by atoms with van der Waals surface area (Å²) in [6, 6.07) is 10.6. The van der Waals surface area contributed by atoms with Gasteiger partial charge in [0.05, 0.1) is 13.2 Å². The molecule has 4 heteroatoms. The van der Waals surface area contributed by atoms with Crippen molar-refractivity contribution in [1.82, 2.24) is 5.32 Å². The molecule has 2 aromatic rings. The van der Waals surface area contributed by atoms with E-state index in [1.54, 1.807) is 7.11 Å². The molecule has 0 heterocycles. The molecule has 0 radical (unpaired) electrons. The topological polar surface area (TPSA) is 21.3 Å². The highest BCUT2D eigenvalue weighted by atomic mass is 79.9. The maximum atomic E-state index is 5.66. The predicted octanol–water partition coefficient (Wildman–Crippen LogP) is 5.15. The standard InChI is InChI=1S/C17H19Br2NO/c1-10-5-6-15(17(21-4)11(10)2)16(20-3)12-7-13(18)9-14(19)8-12/h5-9,16,20H,1-4H3. The van der Waals surface area contributed by atoms with E-state index in [0.29, 0.717) is 0 Å². The highest BCUT2D eigenvalue weighted by Gasteiger charge is 2.19. The molecule has 21 heavy (non-hydrogen) atoms. The summed E-state index contributed by atoms with van der Waals surface area (Å²) in [5.41, 5.74) is 4.75. The van der Waals surface area contributed by atoms with Crippen LogP contribution in [0.25, 0.3) is 0 Å². The molecule has 2 nitrogen and oxygen atoms in total. The van der Waals surface area contributed by atoms with Gasteiger partial charge in [0.2, 0.25) is 0 Å². The van der Waals surface area contributed by atoms with E-state index in [2.05, 4.69) is 75.3 Å². The second kappa shape index (κ2) is 6.95. The van der Waals surface area contributed by atoms with Crippen LogP contribution < -0.4 is 10.1 Å². The molecule has 0 fully saturated rings. The summed E-state index contributed by atoms with van der Waals surface area (Å²) in [5, 5.41) is 3.39. The van der Waals surface area contributed by atoms with Gasteiger partial charge < -0.3 is 10.1 Å². The van der Waals surface area contributed by atoms with E-state index in [1.165, 1.54) is 16.7 Å². The number of benzene rings is 2. The zero-order chi connectivity index (χ0) is 15.6. The number of hydrogen-bond acceptors (Lipinski definition) is 2. The number of methoxy groups -OCH3 is 1. The number of hydrogen-bond donors (Lipinski definition) is 1. The zero-order valence-electron chi connectivity index (χ0n) is 12.6. The van der Waals surface area contributed by atoms with Gasteiger partial charge in [-0.2, -0.15) is 0 Å². The van der Waals surface area contributed by atoms with Gasteiger partial charge >= 0.3 is 0 Å². The summed E-state index contributed by atoms with van der Waals surface area (Å²) < 4.78 is 7.76. The van der Waals surface area contributed by atoms with E-state index in [4.69, 9.17) is 4.74 Å². The summed E-state index contributed by atoms with van der Waals surface area (Å²) in [4.78, 5) is 0. The van der Waals surface area contributed by atoms with Crippen LogP contribution in [0.5, 0.6) is 5.75 Å². The van der Waals surface area contributed by atoms with Crippen molar-refractivity contribution in [1.29, 1.82) is 0 Å². The fourth-order valence-corrected chi connectivity index (χ4v) is 3.88. The fourth-order valence-electron chi connectivity index (χ4n) is 2.55. The maximum absolute atomic E-state index is 5.66. The predicted molar refractivity (Wildman–Crippen MR) is 95.2 cm³/mol. The first kappa shape index (κ1) is 16.5. The molecule has 0 aliphatic rings. The number of aryl methyl sites for hydroxylation is 1. The van der Waals surface area contributed by atoms with Gasteiger partial charge in [-0.15, -0.1) is 0 Å². The third-order valence-corrected chi connectivity index (χ3v) is 4.64. The minimum atomic E-state index is 0.0769. The molecular formula is C17H19Br2NO. The van der Waals surface area contributed by atoms with Gasteiger partial charge in [-0.3, -0.25) is 0 Å². The molecule has 0 aromatic heterocycles. The van der Waals surface area contributed by atoms with Gasteiger partial charge in [-0.05, 0) is 55.8 Å². The molecule has 0 bridgehead atoms. The molecule has 0 saturated carbocycles. The molecule has 0 amide bonds. The molecule has 1 atom stereocenters. The molecule has 2 aromatic carbocycles. The van der Waals surface area contributed by atoms with Gasteiger partial charge in [0.15, 0.2) is 0 Å². The minimum Gasteiger partial charge on any atom is -0.496 e. The Morgan fingerprint density at radius 1 is 1.05 bits per heavy atom. The average molecular weight is 413 g/mol. The van der Waals surface area contributed by atoms with Crippen molar-refractivity contribution < 1.29 is 4.74 Å². The first-order valence-corrected chi connectivity index (χ1v) is 8.34.